The minimum Gasteiger partial charge on any atom is -0.494 e. The first-order valence-electron chi connectivity index (χ1n) is 7.88. The van der Waals surface area contributed by atoms with Gasteiger partial charge in [-0.2, -0.15) is 0 Å². The van der Waals surface area contributed by atoms with Gasteiger partial charge in [-0.3, -0.25) is 9.69 Å². The van der Waals surface area contributed by atoms with Gasteiger partial charge in [0.2, 0.25) is 5.91 Å². The highest BCUT2D eigenvalue weighted by atomic mass is 16.5. The van der Waals surface area contributed by atoms with Crippen molar-refractivity contribution in [2.24, 2.45) is 5.92 Å². The van der Waals surface area contributed by atoms with E-state index in [-0.39, 0.29) is 11.9 Å². The normalized spacial score (nSPS) is 18.2. The van der Waals surface area contributed by atoms with Crippen LogP contribution in [0.25, 0.3) is 0 Å². The summed E-state index contributed by atoms with van der Waals surface area (Å²) < 4.78 is 5.40. The van der Waals surface area contributed by atoms with Gasteiger partial charge in [0, 0.05) is 5.69 Å². The summed E-state index contributed by atoms with van der Waals surface area (Å²) in [4.78, 5) is 14.6. The second-order valence-electron chi connectivity index (χ2n) is 5.84. The topological polar surface area (TPSA) is 41.6 Å². The zero-order valence-electron chi connectivity index (χ0n) is 13.3. The van der Waals surface area contributed by atoms with Crippen LogP contribution in [0, 0.1) is 5.92 Å². The number of nitrogens with one attached hydrogen (secondary N) is 1. The van der Waals surface area contributed by atoms with Gasteiger partial charge in [-0.1, -0.05) is 6.92 Å². The molecule has 1 saturated heterocycles. The average molecular weight is 290 g/mol. The molecular formula is C17H26N2O2. The number of anilines is 1. The van der Waals surface area contributed by atoms with Gasteiger partial charge in [0.05, 0.1) is 12.6 Å². The van der Waals surface area contributed by atoms with Crippen molar-refractivity contribution >= 4 is 11.6 Å². The van der Waals surface area contributed by atoms with Crippen LogP contribution in [0.1, 0.15) is 33.6 Å². The molecule has 0 aliphatic carbocycles. The van der Waals surface area contributed by atoms with Crippen LogP contribution in [-0.4, -0.2) is 36.5 Å². The molecule has 4 heteroatoms. The third-order valence-corrected chi connectivity index (χ3v) is 4.18. The van der Waals surface area contributed by atoms with Gasteiger partial charge in [-0.15, -0.1) is 0 Å². The lowest BCUT2D eigenvalue weighted by Crippen LogP contribution is -2.45. The number of amides is 1. The fraction of sp³-hybridized carbons (Fsp3) is 0.588. The molecule has 1 heterocycles. The van der Waals surface area contributed by atoms with E-state index in [4.69, 9.17) is 4.74 Å². The predicted octanol–water partition coefficient (Wildman–Crippen LogP) is 3.14. The summed E-state index contributed by atoms with van der Waals surface area (Å²) in [7, 11) is 0. The lowest BCUT2D eigenvalue weighted by Gasteiger charge is -2.34. The van der Waals surface area contributed by atoms with Crippen LogP contribution in [-0.2, 0) is 4.79 Å². The van der Waals surface area contributed by atoms with Gasteiger partial charge in [-0.25, -0.2) is 0 Å². The van der Waals surface area contributed by atoms with Crippen molar-refractivity contribution in [3.05, 3.63) is 24.3 Å². The Balaban J connectivity index is 1.88. The van der Waals surface area contributed by atoms with Crippen molar-refractivity contribution in [1.29, 1.82) is 0 Å². The Bertz CT molecular complexity index is 450. The highest BCUT2D eigenvalue weighted by Gasteiger charge is 2.24. The molecule has 0 unspecified atom stereocenters. The van der Waals surface area contributed by atoms with Crippen molar-refractivity contribution in [1.82, 2.24) is 4.90 Å². The highest BCUT2D eigenvalue weighted by molar-refractivity contribution is 5.94. The quantitative estimate of drug-likeness (QED) is 0.906. The van der Waals surface area contributed by atoms with Crippen molar-refractivity contribution in [3.8, 4) is 5.75 Å². The number of likely N-dealkylation sites (tertiary alicyclic amines) is 1. The molecule has 1 fully saturated rings. The molecule has 1 aliphatic rings. The lowest BCUT2D eigenvalue weighted by atomic mass is 9.98. The van der Waals surface area contributed by atoms with Crippen molar-refractivity contribution < 1.29 is 9.53 Å². The van der Waals surface area contributed by atoms with Crippen LogP contribution >= 0.6 is 0 Å². The molecule has 21 heavy (non-hydrogen) atoms. The van der Waals surface area contributed by atoms with E-state index in [1.54, 1.807) is 0 Å². The molecular weight excluding hydrogens is 264 g/mol. The lowest BCUT2D eigenvalue weighted by molar-refractivity contribution is -0.121. The zero-order chi connectivity index (χ0) is 15.2. The Morgan fingerprint density at radius 3 is 2.52 bits per heavy atom. The zero-order valence-corrected chi connectivity index (χ0v) is 13.3. The fourth-order valence-electron chi connectivity index (χ4n) is 2.63. The molecule has 0 aromatic heterocycles. The van der Waals surface area contributed by atoms with Gasteiger partial charge in [0.15, 0.2) is 0 Å². The molecule has 1 aliphatic heterocycles. The van der Waals surface area contributed by atoms with Gasteiger partial charge in [-0.05, 0) is 70.0 Å². The van der Waals surface area contributed by atoms with Crippen LogP contribution in [0.3, 0.4) is 0 Å². The van der Waals surface area contributed by atoms with Crippen molar-refractivity contribution in [3.63, 3.8) is 0 Å². The molecule has 1 N–H and O–H groups in total. The summed E-state index contributed by atoms with van der Waals surface area (Å²) >= 11 is 0. The maximum atomic E-state index is 12.3. The SMILES string of the molecule is CCOc1ccc(NC(=O)[C@H](C)N2CCC(C)CC2)cc1. The Morgan fingerprint density at radius 1 is 1.33 bits per heavy atom. The van der Waals surface area contributed by atoms with Gasteiger partial charge < -0.3 is 10.1 Å². The molecule has 1 atom stereocenters. The molecule has 0 bridgehead atoms. The van der Waals surface area contributed by atoms with Crippen molar-refractivity contribution in [2.45, 2.75) is 39.7 Å². The van der Waals surface area contributed by atoms with E-state index in [0.29, 0.717) is 6.61 Å². The Morgan fingerprint density at radius 2 is 1.95 bits per heavy atom. The second kappa shape index (κ2) is 7.46. The van der Waals surface area contributed by atoms with E-state index in [1.165, 1.54) is 12.8 Å². The van der Waals surface area contributed by atoms with Crippen LogP contribution in [0.5, 0.6) is 5.75 Å². The van der Waals surface area contributed by atoms with E-state index >= 15 is 0 Å². The number of carbonyl (C=O) groups is 1. The standard InChI is InChI=1S/C17H26N2O2/c1-4-21-16-7-5-15(6-8-16)18-17(20)14(3)19-11-9-13(2)10-12-19/h5-8,13-14H,4,9-12H2,1-3H3,(H,18,20)/t14-/m0/s1. The first-order chi connectivity index (χ1) is 10.1. The monoisotopic (exact) mass is 290 g/mol. The largest absolute Gasteiger partial charge is 0.494 e. The number of piperidine rings is 1. The van der Waals surface area contributed by atoms with Crippen LogP contribution in [0.2, 0.25) is 0 Å². The van der Waals surface area contributed by atoms with E-state index in [1.807, 2.05) is 38.1 Å². The van der Waals surface area contributed by atoms with Crippen LogP contribution < -0.4 is 10.1 Å². The van der Waals surface area contributed by atoms with Crippen molar-refractivity contribution in [2.75, 3.05) is 25.0 Å². The molecule has 1 amide bonds. The number of nitrogens with zero attached hydrogens (tertiary/aromatic N) is 1. The first kappa shape index (κ1) is 15.8. The number of carbonyl (C=O) groups excluding carboxylic acids is 1. The van der Waals surface area contributed by atoms with E-state index in [0.717, 1.165) is 30.4 Å². The number of ether oxygens (including phenoxy) is 1. The highest BCUT2D eigenvalue weighted by Crippen LogP contribution is 2.20. The molecule has 4 nitrogen and oxygen atoms in total. The maximum absolute atomic E-state index is 12.3. The Kier molecular flexibility index (Phi) is 5.62. The number of hydrogen-bond acceptors (Lipinski definition) is 3. The summed E-state index contributed by atoms with van der Waals surface area (Å²) in [5.74, 6) is 1.67. The number of rotatable bonds is 5. The minimum absolute atomic E-state index is 0.0636. The van der Waals surface area contributed by atoms with Gasteiger partial charge in [0.25, 0.3) is 0 Å². The number of benzene rings is 1. The summed E-state index contributed by atoms with van der Waals surface area (Å²) in [5, 5.41) is 2.98. The van der Waals surface area contributed by atoms with Crippen LogP contribution in [0.4, 0.5) is 5.69 Å². The summed E-state index contributed by atoms with van der Waals surface area (Å²) in [5.41, 5.74) is 0.820. The summed E-state index contributed by atoms with van der Waals surface area (Å²) in [6.45, 7) is 8.90. The Labute approximate surface area is 127 Å². The van der Waals surface area contributed by atoms with E-state index in [2.05, 4.69) is 17.1 Å². The molecule has 0 saturated carbocycles. The van der Waals surface area contributed by atoms with E-state index < -0.39 is 0 Å². The van der Waals surface area contributed by atoms with Crippen LogP contribution in [0.15, 0.2) is 24.3 Å². The first-order valence-corrected chi connectivity index (χ1v) is 7.88. The third-order valence-electron chi connectivity index (χ3n) is 4.18. The Hall–Kier alpha value is -1.55. The van der Waals surface area contributed by atoms with Gasteiger partial charge >= 0.3 is 0 Å². The van der Waals surface area contributed by atoms with Gasteiger partial charge in [0.1, 0.15) is 5.75 Å². The maximum Gasteiger partial charge on any atom is 0.241 e. The third kappa shape index (κ3) is 4.46. The second-order valence-corrected chi connectivity index (χ2v) is 5.84. The molecule has 116 valence electrons. The molecule has 0 radical (unpaired) electrons. The predicted molar refractivity (Wildman–Crippen MR) is 85.7 cm³/mol. The molecule has 2 rings (SSSR count). The van der Waals surface area contributed by atoms with E-state index in [9.17, 15) is 4.79 Å². The smallest absolute Gasteiger partial charge is 0.241 e. The number of hydrogen-bond donors (Lipinski definition) is 1. The average Bonchev–Trinajstić information content (AvgIpc) is 2.49. The molecule has 0 spiro atoms. The minimum atomic E-state index is -0.0796. The fourth-order valence-corrected chi connectivity index (χ4v) is 2.63. The molecule has 1 aromatic carbocycles. The molecule has 1 aromatic rings. The summed E-state index contributed by atoms with van der Waals surface area (Å²) in [6, 6.07) is 7.45. The summed E-state index contributed by atoms with van der Waals surface area (Å²) in [6.07, 6.45) is 2.36.